The molecule has 76 valence electrons. The summed E-state index contributed by atoms with van der Waals surface area (Å²) in [6.45, 7) is 0. The molecule has 0 radical (unpaired) electrons. The van der Waals surface area contributed by atoms with Crippen molar-refractivity contribution in [2.75, 3.05) is 0 Å². The number of aromatic hydroxyl groups is 1. The second-order valence-corrected chi connectivity index (χ2v) is 4.33. The highest BCUT2D eigenvalue weighted by molar-refractivity contribution is 8.19. The molecular weight excluding hydrogens is 230 g/mol. The van der Waals surface area contributed by atoms with Gasteiger partial charge in [-0.1, -0.05) is 30.4 Å². The Labute approximate surface area is 96.2 Å². The van der Waals surface area contributed by atoms with Crippen LogP contribution in [0.3, 0.4) is 0 Å². The van der Waals surface area contributed by atoms with Gasteiger partial charge in [0.25, 0.3) is 5.24 Å². The van der Waals surface area contributed by atoms with E-state index in [1.165, 1.54) is 0 Å². The van der Waals surface area contributed by atoms with Crippen LogP contribution in [-0.2, 0) is 0 Å². The first kappa shape index (κ1) is 10.2. The maximum absolute atomic E-state index is 11.0. The minimum atomic E-state index is -0.179. The van der Waals surface area contributed by atoms with E-state index in [1.807, 2.05) is 6.07 Å². The van der Waals surface area contributed by atoms with Crippen LogP contribution in [-0.4, -0.2) is 15.3 Å². The van der Waals surface area contributed by atoms with Crippen LogP contribution in [0.2, 0.25) is 0 Å². The molecule has 1 aliphatic heterocycles. The lowest BCUT2D eigenvalue weighted by Gasteiger charge is -1.98. The molecule has 1 aromatic carbocycles. The maximum Gasteiger partial charge on any atom is 0.289 e. The molecule has 0 unspecified atom stereocenters. The van der Waals surface area contributed by atoms with Crippen molar-refractivity contribution < 1.29 is 9.90 Å². The van der Waals surface area contributed by atoms with Crippen molar-refractivity contribution in [3.8, 4) is 5.75 Å². The Kier molecular flexibility index (Phi) is 2.75. The fourth-order valence-corrected chi connectivity index (χ4v) is 2.20. The summed E-state index contributed by atoms with van der Waals surface area (Å²) in [4.78, 5) is 12.1. The zero-order valence-electron chi connectivity index (χ0n) is 7.56. The van der Waals surface area contributed by atoms with Crippen molar-refractivity contribution in [1.29, 1.82) is 0 Å². The van der Waals surface area contributed by atoms with E-state index in [2.05, 4.69) is 5.32 Å². The van der Waals surface area contributed by atoms with Crippen molar-refractivity contribution in [1.82, 2.24) is 5.32 Å². The molecule has 0 spiro atoms. The lowest BCUT2D eigenvalue weighted by molar-refractivity contribution is 0.265. The summed E-state index contributed by atoms with van der Waals surface area (Å²) in [7, 11) is 0. The van der Waals surface area contributed by atoms with E-state index in [-0.39, 0.29) is 11.0 Å². The van der Waals surface area contributed by atoms with Gasteiger partial charge in [0.2, 0.25) is 0 Å². The van der Waals surface area contributed by atoms with Crippen molar-refractivity contribution >= 4 is 40.3 Å². The van der Waals surface area contributed by atoms with Crippen molar-refractivity contribution in [3.63, 3.8) is 0 Å². The fourth-order valence-electron chi connectivity index (χ4n) is 1.17. The fraction of sp³-hybridized carbons (Fsp3) is 0. The Morgan fingerprint density at radius 3 is 2.73 bits per heavy atom. The molecule has 1 heterocycles. The quantitative estimate of drug-likeness (QED) is 0.582. The van der Waals surface area contributed by atoms with Crippen LogP contribution in [0.1, 0.15) is 5.56 Å². The van der Waals surface area contributed by atoms with Crippen LogP contribution in [0.15, 0.2) is 29.2 Å². The average Bonchev–Trinajstić information content (AvgIpc) is 2.49. The third-order valence-electron chi connectivity index (χ3n) is 1.87. The van der Waals surface area contributed by atoms with E-state index in [1.54, 1.807) is 24.3 Å². The van der Waals surface area contributed by atoms with Gasteiger partial charge < -0.3 is 10.4 Å². The van der Waals surface area contributed by atoms with E-state index in [9.17, 15) is 9.90 Å². The van der Waals surface area contributed by atoms with Gasteiger partial charge in [0, 0.05) is 5.56 Å². The minimum absolute atomic E-state index is 0.174. The maximum atomic E-state index is 11.0. The monoisotopic (exact) mass is 237 g/mol. The summed E-state index contributed by atoms with van der Waals surface area (Å²) in [5.74, 6) is 0.174. The smallest absolute Gasteiger partial charge is 0.289 e. The van der Waals surface area contributed by atoms with E-state index in [4.69, 9.17) is 12.2 Å². The first-order chi connectivity index (χ1) is 7.16. The number of phenolic OH excluding ortho intramolecular Hbond substituents is 1. The third-order valence-corrected chi connectivity index (χ3v) is 3.15. The number of thioether (sulfide) groups is 1. The Balaban J connectivity index is 2.35. The number of para-hydroxylation sites is 1. The molecule has 1 aromatic rings. The highest BCUT2D eigenvalue weighted by Crippen LogP contribution is 2.28. The largest absolute Gasteiger partial charge is 0.507 e. The number of nitrogens with one attached hydrogen (secondary N) is 1. The van der Waals surface area contributed by atoms with Crippen LogP contribution in [0.4, 0.5) is 4.79 Å². The molecule has 0 aliphatic carbocycles. The first-order valence-electron chi connectivity index (χ1n) is 4.19. The number of carbonyl (C=O) groups is 1. The number of hydrogen-bond acceptors (Lipinski definition) is 4. The number of rotatable bonds is 1. The van der Waals surface area contributed by atoms with Gasteiger partial charge in [0.15, 0.2) is 0 Å². The number of hydrogen-bond donors (Lipinski definition) is 2. The topological polar surface area (TPSA) is 49.3 Å². The second-order valence-electron chi connectivity index (χ2n) is 2.91. The molecule has 2 N–H and O–H groups in total. The van der Waals surface area contributed by atoms with E-state index >= 15 is 0 Å². The summed E-state index contributed by atoms with van der Waals surface area (Å²) in [5.41, 5.74) is 0.652. The summed E-state index contributed by atoms with van der Waals surface area (Å²) in [6.07, 6.45) is 1.69. The summed E-state index contributed by atoms with van der Waals surface area (Å²) >= 11 is 5.99. The van der Waals surface area contributed by atoms with Crippen LogP contribution in [0.5, 0.6) is 5.75 Å². The molecule has 1 saturated heterocycles. The third kappa shape index (κ3) is 2.19. The van der Waals surface area contributed by atoms with E-state index < -0.39 is 0 Å². The molecule has 2 rings (SSSR count). The molecule has 1 amide bonds. The number of benzene rings is 1. The molecule has 0 saturated carbocycles. The number of amides is 1. The summed E-state index contributed by atoms with van der Waals surface area (Å²) in [5, 5.41) is 11.9. The first-order valence-corrected chi connectivity index (χ1v) is 5.42. The predicted molar refractivity (Wildman–Crippen MR) is 64.8 cm³/mol. The molecule has 0 bridgehead atoms. The van der Waals surface area contributed by atoms with Gasteiger partial charge in [0.1, 0.15) is 10.7 Å². The molecule has 1 aliphatic rings. The standard InChI is InChI=1S/C10H7NO2S2/c12-7-4-2-1-3-6(7)5-8-9(14)11-10(13)15-8/h1-5,12H,(H,11,13,14)/b8-5-. The van der Waals surface area contributed by atoms with E-state index in [0.717, 1.165) is 11.8 Å². The molecule has 0 aromatic heterocycles. The second kappa shape index (κ2) is 4.04. The van der Waals surface area contributed by atoms with Crippen LogP contribution >= 0.6 is 24.0 Å². The van der Waals surface area contributed by atoms with Crippen LogP contribution < -0.4 is 5.32 Å². The van der Waals surface area contributed by atoms with Crippen LogP contribution in [0.25, 0.3) is 6.08 Å². The SMILES string of the molecule is O=C1NC(=S)/C(=C/c2ccccc2O)S1. The van der Waals surface area contributed by atoms with Crippen molar-refractivity contribution in [2.24, 2.45) is 0 Å². The minimum Gasteiger partial charge on any atom is -0.507 e. The molecule has 1 fully saturated rings. The van der Waals surface area contributed by atoms with Gasteiger partial charge in [0.05, 0.1) is 4.91 Å². The molecule has 15 heavy (non-hydrogen) atoms. The van der Waals surface area contributed by atoms with Crippen LogP contribution in [0, 0.1) is 0 Å². The Bertz CT molecular complexity index is 468. The predicted octanol–water partition coefficient (Wildman–Crippen LogP) is 2.52. The Morgan fingerprint density at radius 2 is 2.13 bits per heavy atom. The van der Waals surface area contributed by atoms with Crippen molar-refractivity contribution in [2.45, 2.75) is 0 Å². The van der Waals surface area contributed by atoms with Gasteiger partial charge in [-0.2, -0.15) is 0 Å². The highest BCUT2D eigenvalue weighted by Gasteiger charge is 2.21. The molecular formula is C10H7NO2S2. The molecule has 5 heteroatoms. The zero-order chi connectivity index (χ0) is 10.8. The van der Waals surface area contributed by atoms with Gasteiger partial charge >= 0.3 is 0 Å². The zero-order valence-corrected chi connectivity index (χ0v) is 9.19. The normalized spacial score (nSPS) is 18.3. The summed E-state index contributed by atoms with van der Waals surface area (Å²) < 4.78 is 0. The summed E-state index contributed by atoms with van der Waals surface area (Å²) in [6, 6.07) is 6.89. The number of phenols is 1. The van der Waals surface area contributed by atoms with Gasteiger partial charge in [-0.15, -0.1) is 0 Å². The Morgan fingerprint density at radius 1 is 1.40 bits per heavy atom. The highest BCUT2D eigenvalue weighted by atomic mass is 32.2. The molecule has 3 nitrogen and oxygen atoms in total. The number of carbonyl (C=O) groups excluding carboxylic acids is 1. The molecule has 0 atom stereocenters. The van der Waals surface area contributed by atoms with Gasteiger partial charge in [-0.05, 0) is 23.9 Å². The van der Waals surface area contributed by atoms with Gasteiger partial charge in [-0.3, -0.25) is 4.79 Å². The van der Waals surface area contributed by atoms with Gasteiger partial charge in [-0.25, -0.2) is 0 Å². The van der Waals surface area contributed by atoms with E-state index in [0.29, 0.717) is 15.5 Å². The van der Waals surface area contributed by atoms with Crippen molar-refractivity contribution in [3.05, 3.63) is 34.7 Å². The number of thiocarbonyl (C=S) groups is 1. The lowest BCUT2D eigenvalue weighted by Crippen LogP contribution is -2.15. The Hall–Kier alpha value is -1.33. The average molecular weight is 237 g/mol. The lowest BCUT2D eigenvalue weighted by atomic mass is 10.2.